The molecule has 0 amide bonds. The number of nitrogens with zero attached hydrogens (tertiary/aromatic N) is 3. The molecule has 0 spiro atoms. The molecule has 0 unspecified atom stereocenters. The number of alkyl halides is 1. The molecule has 5 rings (SSSR count). The number of fused-ring (bicyclic) bond motifs is 2. The molecule has 1 saturated carbocycles. The quantitative estimate of drug-likeness (QED) is 0.644. The Morgan fingerprint density at radius 2 is 2.10 bits per heavy atom. The molecule has 1 aliphatic carbocycles. The second kappa shape index (κ2) is 6.73. The molecule has 1 fully saturated rings. The maximum atomic E-state index is 14.8. The van der Waals surface area contributed by atoms with E-state index in [1.54, 1.807) is 12.1 Å². The van der Waals surface area contributed by atoms with Gasteiger partial charge in [0.05, 0.1) is 5.02 Å². The number of hydrogen-bond acceptors (Lipinski definition) is 6. The monoisotopic (exact) mass is 433 g/mol. The molecule has 6 nitrogen and oxygen atoms in total. The molecule has 1 aliphatic heterocycles. The summed E-state index contributed by atoms with van der Waals surface area (Å²) in [6.07, 6.45) is 3.09. The van der Waals surface area contributed by atoms with Crippen LogP contribution in [-0.2, 0) is 10.3 Å². The van der Waals surface area contributed by atoms with Gasteiger partial charge in [-0.05, 0) is 24.6 Å². The van der Waals surface area contributed by atoms with Gasteiger partial charge in [0.25, 0.3) is 6.02 Å². The second-order valence-corrected chi connectivity index (χ2v) is 7.77. The van der Waals surface area contributed by atoms with Crippen molar-refractivity contribution < 1.29 is 17.9 Å². The fourth-order valence-corrected chi connectivity index (χ4v) is 4.13. The third kappa shape index (κ3) is 2.92. The van der Waals surface area contributed by atoms with E-state index < -0.39 is 29.8 Å². The number of anilines is 2. The van der Waals surface area contributed by atoms with Crippen LogP contribution in [0.25, 0.3) is 10.9 Å². The normalized spacial score (nSPS) is 24.7. The Balaban J connectivity index is 1.61. The van der Waals surface area contributed by atoms with E-state index in [2.05, 4.69) is 20.3 Å². The summed E-state index contributed by atoms with van der Waals surface area (Å²) in [4.78, 5) is 12.5. The zero-order chi connectivity index (χ0) is 21.0. The first kappa shape index (κ1) is 18.9. The van der Waals surface area contributed by atoms with Crippen LogP contribution >= 0.6 is 11.6 Å². The molecular formula is C20H15ClF3N5O. The zero-order valence-corrected chi connectivity index (χ0v) is 16.1. The molecule has 154 valence electrons. The molecule has 30 heavy (non-hydrogen) atoms. The fraction of sp³-hybridized carbons (Fsp3) is 0.250. The van der Waals surface area contributed by atoms with Gasteiger partial charge in [0.2, 0.25) is 0 Å². The maximum absolute atomic E-state index is 14.8. The van der Waals surface area contributed by atoms with Gasteiger partial charge >= 0.3 is 0 Å². The summed E-state index contributed by atoms with van der Waals surface area (Å²) in [5.74, 6) is -2.41. The highest BCUT2D eigenvalue weighted by atomic mass is 35.5. The topological polar surface area (TPSA) is 85.4 Å². The van der Waals surface area contributed by atoms with Crippen molar-refractivity contribution in [1.29, 1.82) is 0 Å². The summed E-state index contributed by atoms with van der Waals surface area (Å²) < 4.78 is 48.8. The van der Waals surface area contributed by atoms with E-state index in [9.17, 15) is 13.2 Å². The molecule has 2 aromatic heterocycles. The van der Waals surface area contributed by atoms with Gasteiger partial charge in [-0.1, -0.05) is 11.6 Å². The van der Waals surface area contributed by atoms with Crippen molar-refractivity contribution in [2.45, 2.75) is 18.1 Å². The third-order valence-electron chi connectivity index (χ3n) is 5.45. The highest BCUT2D eigenvalue weighted by molar-refractivity contribution is 6.31. The number of nitrogens with one attached hydrogen (secondary N) is 1. The Morgan fingerprint density at radius 1 is 1.27 bits per heavy atom. The minimum absolute atomic E-state index is 0.172. The van der Waals surface area contributed by atoms with E-state index in [1.165, 1.54) is 18.5 Å². The minimum atomic E-state index is -1.63. The lowest BCUT2D eigenvalue weighted by Gasteiger charge is -2.31. The first-order chi connectivity index (χ1) is 14.4. The number of hydrogen-bond donors (Lipinski definition) is 2. The van der Waals surface area contributed by atoms with Crippen molar-refractivity contribution in [3.63, 3.8) is 0 Å². The molecule has 3 atom stereocenters. The summed E-state index contributed by atoms with van der Waals surface area (Å²) in [7, 11) is 0. The van der Waals surface area contributed by atoms with E-state index in [-0.39, 0.29) is 23.4 Å². The summed E-state index contributed by atoms with van der Waals surface area (Å²) in [6, 6.07) is 5.49. The number of benzene rings is 1. The summed E-state index contributed by atoms with van der Waals surface area (Å²) in [5, 5.41) is 4.10. The first-order valence-electron chi connectivity index (χ1n) is 9.16. The number of aromatic nitrogens is 2. The van der Waals surface area contributed by atoms with Crippen LogP contribution in [0.15, 0.2) is 41.7 Å². The molecule has 0 saturated heterocycles. The van der Waals surface area contributed by atoms with Gasteiger partial charge in [0.15, 0.2) is 17.5 Å². The molecule has 2 aliphatic rings. The van der Waals surface area contributed by atoms with Crippen molar-refractivity contribution in [3.05, 3.63) is 58.9 Å². The molecule has 3 heterocycles. The number of pyridine rings is 2. The zero-order valence-electron chi connectivity index (χ0n) is 15.4. The smallest absolute Gasteiger partial charge is 0.283 e. The highest BCUT2D eigenvalue weighted by Gasteiger charge is 2.60. The van der Waals surface area contributed by atoms with Crippen molar-refractivity contribution in [2.24, 2.45) is 16.6 Å². The van der Waals surface area contributed by atoms with E-state index in [1.807, 2.05) is 0 Å². The molecular weight excluding hydrogens is 419 g/mol. The minimum Gasteiger partial charge on any atom is -0.462 e. The number of nitrogens with two attached hydrogens (primary N) is 1. The largest absolute Gasteiger partial charge is 0.462 e. The van der Waals surface area contributed by atoms with E-state index in [0.29, 0.717) is 28.2 Å². The molecule has 3 aromatic rings. The number of ether oxygens (including phenoxy) is 1. The molecule has 10 heteroatoms. The highest BCUT2D eigenvalue weighted by Crippen LogP contribution is 2.54. The lowest BCUT2D eigenvalue weighted by Crippen LogP contribution is -2.40. The average Bonchev–Trinajstić information content (AvgIpc) is 3.49. The van der Waals surface area contributed by atoms with Crippen molar-refractivity contribution >= 4 is 40.0 Å². The molecule has 3 N–H and O–H groups in total. The van der Waals surface area contributed by atoms with Crippen molar-refractivity contribution in [3.8, 4) is 0 Å². The molecule has 1 aromatic carbocycles. The van der Waals surface area contributed by atoms with Crippen LogP contribution in [0.1, 0.15) is 12.0 Å². The number of amidine groups is 1. The van der Waals surface area contributed by atoms with Crippen molar-refractivity contribution in [1.82, 2.24) is 9.97 Å². The van der Waals surface area contributed by atoms with Crippen LogP contribution in [0.4, 0.5) is 24.7 Å². The SMILES string of the molecule is NC1=N[C@](CF)(c2cc(Nc3nccc4cc(Cl)cnc34)cc(F)c2F)[C@@H]2C[C@@H]2O1. The number of rotatable bonds is 4. The average molecular weight is 434 g/mol. The standard InChI is InChI=1S/C20H15ClF3N5O/c21-10-3-9-1-2-26-18(17(9)27-7-10)28-11-4-13(16(24)14(23)5-11)20(8-22)12-6-15(12)30-19(25)29-20/h1-5,7,12,15H,6,8H2,(H2,25,29)(H,26,28)/t12-,15+,20+/m1/s1. The van der Waals surface area contributed by atoms with Gasteiger partial charge in [-0.2, -0.15) is 0 Å². The Hall–Kier alpha value is -3.07. The first-order valence-corrected chi connectivity index (χ1v) is 9.54. The van der Waals surface area contributed by atoms with Gasteiger partial charge in [-0.3, -0.25) is 4.98 Å². The van der Waals surface area contributed by atoms with E-state index >= 15 is 0 Å². The van der Waals surface area contributed by atoms with Gasteiger partial charge in [-0.15, -0.1) is 0 Å². The van der Waals surface area contributed by atoms with Gasteiger partial charge in [-0.25, -0.2) is 23.1 Å². The van der Waals surface area contributed by atoms with Crippen LogP contribution in [0.2, 0.25) is 5.02 Å². The molecule has 0 radical (unpaired) electrons. The third-order valence-corrected chi connectivity index (χ3v) is 5.66. The van der Waals surface area contributed by atoms with Crippen LogP contribution < -0.4 is 11.1 Å². The lowest BCUT2D eigenvalue weighted by atomic mass is 9.85. The number of halogens is 4. The van der Waals surface area contributed by atoms with Crippen molar-refractivity contribution in [2.75, 3.05) is 12.0 Å². The predicted molar refractivity (Wildman–Crippen MR) is 106 cm³/mol. The Kier molecular flexibility index (Phi) is 4.25. The van der Waals surface area contributed by atoms with Crippen LogP contribution in [0.5, 0.6) is 0 Å². The predicted octanol–water partition coefficient (Wildman–Crippen LogP) is 4.20. The van der Waals surface area contributed by atoms with Crippen LogP contribution in [-0.4, -0.2) is 28.8 Å². The summed E-state index contributed by atoms with van der Waals surface area (Å²) in [6.45, 7) is -1.04. The Bertz CT molecular complexity index is 1210. The van der Waals surface area contributed by atoms with E-state index in [4.69, 9.17) is 22.1 Å². The fourth-order valence-electron chi connectivity index (χ4n) is 3.96. The second-order valence-electron chi connectivity index (χ2n) is 7.34. The summed E-state index contributed by atoms with van der Waals surface area (Å²) in [5.41, 5.74) is 4.48. The van der Waals surface area contributed by atoms with Crippen LogP contribution in [0.3, 0.4) is 0 Å². The number of aliphatic imine (C=N–C) groups is 1. The van der Waals surface area contributed by atoms with E-state index in [0.717, 1.165) is 6.07 Å². The molecule has 0 bridgehead atoms. The van der Waals surface area contributed by atoms with Gasteiger partial charge < -0.3 is 15.8 Å². The Morgan fingerprint density at radius 3 is 2.90 bits per heavy atom. The Labute approximate surface area is 173 Å². The maximum Gasteiger partial charge on any atom is 0.283 e. The van der Waals surface area contributed by atoms with Gasteiger partial charge in [0.1, 0.15) is 23.8 Å². The van der Waals surface area contributed by atoms with Crippen LogP contribution in [0, 0.1) is 17.6 Å². The summed E-state index contributed by atoms with van der Waals surface area (Å²) >= 11 is 5.97. The van der Waals surface area contributed by atoms with Gasteiger partial charge in [0, 0.05) is 41.0 Å². The lowest BCUT2D eigenvalue weighted by molar-refractivity contribution is 0.167.